The summed E-state index contributed by atoms with van der Waals surface area (Å²) in [4.78, 5) is 26.6. The molecule has 5 nitrogen and oxygen atoms in total. The number of carbonyl (C=O) groups is 2. The number of amides is 1. The lowest BCUT2D eigenvalue weighted by atomic mass is 9.99. The minimum absolute atomic E-state index is 0.0847. The molecule has 1 aromatic carbocycles. The third-order valence-corrected chi connectivity index (χ3v) is 3.94. The zero-order valence-corrected chi connectivity index (χ0v) is 14.0. The fourth-order valence-electron chi connectivity index (χ4n) is 2.86. The number of hydrogen-bond donors (Lipinski definition) is 1. The van der Waals surface area contributed by atoms with Crippen molar-refractivity contribution in [3.63, 3.8) is 0 Å². The van der Waals surface area contributed by atoms with Gasteiger partial charge in [-0.15, -0.1) is 0 Å². The fourth-order valence-corrected chi connectivity index (χ4v) is 2.86. The summed E-state index contributed by atoms with van der Waals surface area (Å²) in [5, 5.41) is 9.70. The molecule has 1 N–H and O–H groups in total. The Hall–Kier alpha value is -2.30. The van der Waals surface area contributed by atoms with Crippen LogP contribution in [0.4, 0.5) is 0 Å². The first-order valence-corrected chi connectivity index (χ1v) is 7.73. The highest BCUT2D eigenvalue weighted by molar-refractivity contribution is 6.26. The molecule has 1 atom stereocenters. The van der Waals surface area contributed by atoms with Gasteiger partial charge in [-0.2, -0.15) is 0 Å². The van der Waals surface area contributed by atoms with Crippen LogP contribution in [0.2, 0.25) is 0 Å². The summed E-state index contributed by atoms with van der Waals surface area (Å²) in [5.74, 6) is 0.0786. The lowest BCUT2D eigenvalue weighted by molar-refractivity contribution is -0.128. The number of likely N-dealkylation sites (tertiary alicyclic amines) is 1. The molecule has 0 aromatic heterocycles. The lowest BCUT2D eigenvalue weighted by Gasteiger charge is -2.24. The van der Waals surface area contributed by atoms with Crippen LogP contribution in [-0.2, 0) is 16.1 Å². The van der Waals surface area contributed by atoms with E-state index in [4.69, 9.17) is 4.74 Å². The Morgan fingerprint density at radius 1 is 1.35 bits per heavy atom. The highest BCUT2D eigenvalue weighted by Crippen LogP contribution is 2.29. The van der Waals surface area contributed by atoms with Crippen molar-refractivity contribution in [3.05, 3.63) is 41.2 Å². The second-order valence-electron chi connectivity index (χ2n) is 6.25. The zero-order chi connectivity index (χ0) is 17.1. The van der Waals surface area contributed by atoms with E-state index < -0.39 is 11.9 Å². The summed E-state index contributed by atoms with van der Waals surface area (Å²) in [6.45, 7) is 5.71. The molecule has 1 saturated heterocycles. The number of hydrogen-bond acceptors (Lipinski definition) is 4. The van der Waals surface area contributed by atoms with Crippen molar-refractivity contribution < 1.29 is 19.4 Å². The molecule has 0 unspecified atom stereocenters. The quantitative estimate of drug-likeness (QED) is 0.515. The van der Waals surface area contributed by atoms with Gasteiger partial charge in [-0.3, -0.25) is 9.59 Å². The number of rotatable bonds is 5. The van der Waals surface area contributed by atoms with Crippen LogP contribution in [0.1, 0.15) is 32.8 Å². The SMILES string of the molecule is COc1cccc(CN2C(=O)/C(=C(/C)O)C(=O)[C@@H]2CC(C)C)c1. The molecular weight excluding hydrogens is 294 g/mol. The van der Waals surface area contributed by atoms with Gasteiger partial charge in [-0.1, -0.05) is 26.0 Å². The van der Waals surface area contributed by atoms with Gasteiger partial charge in [0.2, 0.25) is 0 Å². The van der Waals surface area contributed by atoms with Crippen LogP contribution in [0.25, 0.3) is 0 Å². The van der Waals surface area contributed by atoms with E-state index in [0.717, 1.165) is 5.56 Å². The van der Waals surface area contributed by atoms with Crippen LogP contribution in [0, 0.1) is 5.92 Å². The van der Waals surface area contributed by atoms with Crippen molar-refractivity contribution in [1.29, 1.82) is 0 Å². The van der Waals surface area contributed by atoms with Gasteiger partial charge in [-0.25, -0.2) is 0 Å². The molecule has 0 spiro atoms. The van der Waals surface area contributed by atoms with Gasteiger partial charge in [0, 0.05) is 6.54 Å². The molecule has 2 rings (SSSR count). The van der Waals surface area contributed by atoms with E-state index in [1.165, 1.54) is 6.92 Å². The topological polar surface area (TPSA) is 66.8 Å². The molecular formula is C18H23NO4. The first-order chi connectivity index (χ1) is 10.8. The summed E-state index contributed by atoms with van der Waals surface area (Å²) in [7, 11) is 1.58. The molecule has 1 aliphatic rings. The Kier molecular flexibility index (Phi) is 5.08. The normalized spacial score (nSPS) is 20.4. The summed E-state index contributed by atoms with van der Waals surface area (Å²) < 4.78 is 5.20. The van der Waals surface area contributed by atoms with Crippen molar-refractivity contribution in [2.75, 3.05) is 7.11 Å². The molecule has 0 aliphatic carbocycles. The number of nitrogens with zero attached hydrogens (tertiary/aromatic N) is 1. The zero-order valence-electron chi connectivity index (χ0n) is 14.0. The number of methoxy groups -OCH3 is 1. The molecule has 1 aliphatic heterocycles. The first-order valence-electron chi connectivity index (χ1n) is 7.73. The number of aliphatic hydroxyl groups is 1. The van der Waals surface area contributed by atoms with Crippen LogP contribution >= 0.6 is 0 Å². The van der Waals surface area contributed by atoms with E-state index >= 15 is 0 Å². The summed E-state index contributed by atoms with van der Waals surface area (Å²) in [5.41, 5.74) is 0.801. The maximum absolute atomic E-state index is 12.6. The van der Waals surface area contributed by atoms with Crippen molar-refractivity contribution in [3.8, 4) is 5.75 Å². The van der Waals surface area contributed by atoms with E-state index in [-0.39, 0.29) is 23.0 Å². The van der Waals surface area contributed by atoms with E-state index in [1.807, 2.05) is 38.1 Å². The van der Waals surface area contributed by atoms with Gasteiger partial charge < -0.3 is 14.7 Å². The number of carbonyl (C=O) groups excluding carboxylic acids is 2. The summed E-state index contributed by atoms with van der Waals surface area (Å²) >= 11 is 0. The van der Waals surface area contributed by atoms with Crippen molar-refractivity contribution in [2.45, 2.75) is 39.8 Å². The first kappa shape index (κ1) is 17.1. The number of ether oxygens (including phenoxy) is 1. The van der Waals surface area contributed by atoms with Crippen molar-refractivity contribution in [2.24, 2.45) is 5.92 Å². The van der Waals surface area contributed by atoms with Crippen molar-refractivity contribution in [1.82, 2.24) is 4.90 Å². The fraction of sp³-hybridized carbons (Fsp3) is 0.444. The molecule has 1 fully saturated rings. The van der Waals surface area contributed by atoms with E-state index in [1.54, 1.807) is 12.0 Å². The second kappa shape index (κ2) is 6.86. The van der Waals surface area contributed by atoms with Crippen LogP contribution in [0.15, 0.2) is 35.6 Å². The van der Waals surface area contributed by atoms with Gasteiger partial charge in [0.1, 0.15) is 17.1 Å². The van der Waals surface area contributed by atoms with E-state index in [0.29, 0.717) is 18.7 Å². The average molecular weight is 317 g/mol. The highest BCUT2D eigenvalue weighted by atomic mass is 16.5. The van der Waals surface area contributed by atoms with Crippen LogP contribution < -0.4 is 4.74 Å². The largest absolute Gasteiger partial charge is 0.512 e. The monoisotopic (exact) mass is 317 g/mol. The van der Waals surface area contributed by atoms with Crippen LogP contribution in [-0.4, -0.2) is 34.8 Å². The molecule has 1 aromatic rings. The van der Waals surface area contributed by atoms with Gasteiger partial charge in [0.25, 0.3) is 5.91 Å². The molecule has 1 amide bonds. The minimum Gasteiger partial charge on any atom is -0.512 e. The Balaban J connectivity index is 2.34. The lowest BCUT2D eigenvalue weighted by Crippen LogP contribution is -2.36. The summed E-state index contributed by atoms with van der Waals surface area (Å²) in [6.07, 6.45) is 0.575. The maximum atomic E-state index is 12.6. The number of allylic oxidation sites excluding steroid dienone is 1. The average Bonchev–Trinajstić information content (AvgIpc) is 2.71. The molecule has 0 saturated carbocycles. The molecule has 1 heterocycles. The summed E-state index contributed by atoms with van der Waals surface area (Å²) in [6, 6.07) is 6.89. The van der Waals surface area contributed by atoms with Gasteiger partial charge in [0.05, 0.1) is 13.2 Å². The predicted octanol–water partition coefficient (Wildman–Crippen LogP) is 2.85. The number of benzene rings is 1. The van der Waals surface area contributed by atoms with Gasteiger partial charge >= 0.3 is 0 Å². The molecule has 5 heteroatoms. The third kappa shape index (κ3) is 3.55. The molecule has 0 radical (unpaired) electrons. The maximum Gasteiger partial charge on any atom is 0.261 e. The second-order valence-corrected chi connectivity index (χ2v) is 6.25. The Bertz CT molecular complexity index is 644. The number of Topliss-reactive ketones (excluding diaryl/α,β-unsaturated/α-hetero) is 1. The Morgan fingerprint density at radius 3 is 2.61 bits per heavy atom. The van der Waals surface area contributed by atoms with Crippen molar-refractivity contribution >= 4 is 11.7 Å². The number of ketones is 1. The Morgan fingerprint density at radius 2 is 2.04 bits per heavy atom. The predicted molar refractivity (Wildman–Crippen MR) is 87.1 cm³/mol. The van der Waals surface area contributed by atoms with Crippen LogP contribution in [0.3, 0.4) is 0 Å². The molecule has 23 heavy (non-hydrogen) atoms. The highest BCUT2D eigenvalue weighted by Gasteiger charge is 2.44. The van der Waals surface area contributed by atoms with Crippen LogP contribution in [0.5, 0.6) is 5.75 Å². The number of aliphatic hydroxyl groups excluding tert-OH is 1. The van der Waals surface area contributed by atoms with E-state index in [2.05, 4.69) is 0 Å². The van der Waals surface area contributed by atoms with E-state index in [9.17, 15) is 14.7 Å². The smallest absolute Gasteiger partial charge is 0.261 e. The van der Waals surface area contributed by atoms with Gasteiger partial charge in [0.15, 0.2) is 5.78 Å². The Labute approximate surface area is 136 Å². The third-order valence-electron chi connectivity index (χ3n) is 3.94. The molecule has 0 bridgehead atoms. The standard InChI is InChI=1S/C18H23NO4/c1-11(2)8-15-17(21)16(12(3)20)18(22)19(15)10-13-6-5-7-14(9-13)23-4/h5-7,9,11,15,20H,8,10H2,1-4H3/b16-12-/t15-/m0/s1. The van der Waals surface area contributed by atoms with Gasteiger partial charge in [-0.05, 0) is 37.0 Å². The minimum atomic E-state index is -0.522. The molecule has 124 valence electrons.